The highest BCUT2D eigenvalue weighted by Gasteiger charge is 2.10. The first-order valence-corrected chi connectivity index (χ1v) is 8.43. The molecule has 0 aliphatic heterocycles. The Kier molecular flexibility index (Phi) is 3.82. The van der Waals surface area contributed by atoms with Crippen LogP contribution in [0.25, 0.3) is 33.5 Å². The molecule has 0 radical (unpaired) electrons. The number of fused-ring (bicyclic) bond motifs is 1. The zero-order valence-electron chi connectivity index (χ0n) is 13.1. The van der Waals surface area contributed by atoms with Crippen LogP contribution in [0, 0.1) is 0 Å². The van der Waals surface area contributed by atoms with Crippen molar-refractivity contribution >= 4 is 27.0 Å². The van der Waals surface area contributed by atoms with Gasteiger partial charge in [-0.25, -0.2) is 4.98 Å². The van der Waals surface area contributed by atoms with E-state index >= 15 is 0 Å². The Hall–Kier alpha value is -2.59. The fourth-order valence-electron chi connectivity index (χ4n) is 2.76. The van der Waals surface area contributed by atoms with E-state index in [4.69, 9.17) is 9.72 Å². The highest BCUT2D eigenvalue weighted by atomic mass is 79.9. The van der Waals surface area contributed by atoms with E-state index in [-0.39, 0.29) is 0 Å². The van der Waals surface area contributed by atoms with Crippen molar-refractivity contribution in [1.29, 1.82) is 0 Å². The lowest BCUT2D eigenvalue weighted by atomic mass is 10.0. The van der Waals surface area contributed by atoms with Crippen LogP contribution in [0.3, 0.4) is 0 Å². The molecule has 0 aliphatic rings. The molecular formula is C20H15BrN2O. The largest absolute Gasteiger partial charge is 0.497 e. The summed E-state index contributed by atoms with van der Waals surface area (Å²) in [6.07, 6.45) is 0. The molecule has 1 heterocycles. The summed E-state index contributed by atoms with van der Waals surface area (Å²) in [5.41, 5.74) is 5.30. The van der Waals surface area contributed by atoms with Crippen LogP contribution in [0.5, 0.6) is 5.75 Å². The minimum Gasteiger partial charge on any atom is -0.497 e. The Bertz CT molecular complexity index is 992. The maximum Gasteiger partial charge on any atom is 0.138 e. The summed E-state index contributed by atoms with van der Waals surface area (Å²) in [7, 11) is 1.66. The first kappa shape index (κ1) is 15.0. The van der Waals surface area contributed by atoms with Crippen LogP contribution in [0.4, 0.5) is 0 Å². The molecule has 24 heavy (non-hydrogen) atoms. The number of nitrogens with zero attached hydrogens (tertiary/aromatic N) is 1. The fraction of sp³-hybridized carbons (Fsp3) is 0.0500. The SMILES string of the molecule is COc1cc(Br)c2nc(-c3ccc(-c4ccccc4)cc3)[nH]c2c1. The van der Waals surface area contributed by atoms with E-state index in [1.165, 1.54) is 11.1 Å². The second kappa shape index (κ2) is 6.13. The van der Waals surface area contributed by atoms with Crippen molar-refractivity contribution in [3.63, 3.8) is 0 Å². The summed E-state index contributed by atoms with van der Waals surface area (Å²) in [5, 5.41) is 0. The van der Waals surface area contributed by atoms with Crippen LogP contribution in [-0.4, -0.2) is 17.1 Å². The summed E-state index contributed by atoms with van der Waals surface area (Å²) in [4.78, 5) is 8.07. The average molecular weight is 379 g/mol. The normalized spacial score (nSPS) is 10.9. The number of nitrogens with one attached hydrogen (secondary N) is 1. The van der Waals surface area contributed by atoms with E-state index in [2.05, 4.69) is 57.3 Å². The summed E-state index contributed by atoms with van der Waals surface area (Å²) < 4.78 is 6.22. The topological polar surface area (TPSA) is 37.9 Å². The Balaban J connectivity index is 1.73. The van der Waals surface area contributed by atoms with Gasteiger partial charge in [-0.2, -0.15) is 0 Å². The van der Waals surface area contributed by atoms with Crippen LogP contribution < -0.4 is 4.74 Å². The molecule has 0 atom stereocenters. The lowest BCUT2D eigenvalue weighted by Gasteiger charge is -2.02. The second-order valence-electron chi connectivity index (χ2n) is 5.53. The molecule has 0 spiro atoms. The highest BCUT2D eigenvalue weighted by Crippen LogP contribution is 2.31. The minimum absolute atomic E-state index is 0.795. The predicted octanol–water partition coefficient (Wildman–Crippen LogP) is 5.67. The van der Waals surface area contributed by atoms with Crippen LogP contribution >= 0.6 is 15.9 Å². The van der Waals surface area contributed by atoms with Crippen molar-refractivity contribution in [3.8, 4) is 28.3 Å². The maximum absolute atomic E-state index is 5.31. The number of ether oxygens (including phenoxy) is 1. The molecule has 0 aliphatic carbocycles. The van der Waals surface area contributed by atoms with Crippen LogP contribution in [-0.2, 0) is 0 Å². The average Bonchev–Trinajstić information content (AvgIpc) is 3.07. The lowest BCUT2D eigenvalue weighted by molar-refractivity contribution is 0.415. The number of hydrogen-bond acceptors (Lipinski definition) is 2. The molecule has 0 unspecified atom stereocenters. The Labute approximate surface area is 148 Å². The molecule has 3 nitrogen and oxygen atoms in total. The maximum atomic E-state index is 5.31. The Morgan fingerprint density at radius 2 is 1.54 bits per heavy atom. The van der Waals surface area contributed by atoms with Crippen molar-refractivity contribution in [2.45, 2.75) is 0 Å². The standard InChI is InChI=1S/C20H15BrN2O/c1-24-16-11-17(21)19-18(12-16)22-20(23-19)15-9-7-14(8-10-15)13-5-3-2-4-6-13/h2-12H,1H3,(H,22,23). The molecule has 1 aromatic heterocycles. The van der Waals surface area contributed by atoms with Gasteiger partial charge in [-0.15, -0.1) is 0 Å². The number of hydrogen-bond donors (Lipinski definition) is 1. The molecule has 4 aromatic rings. The zero-order chi connectivity index (χ0) is 16.5. The number of methoxy groups -OCH3 is 1. The third kappa shape index (κ3) is 2.69. The molecular weight excluding hydrogens is 364 g/mol. The van der Waals surface area contributed by atoms with Gasteiger partial charge in [-0.3, -0.25) is 0 Å². The van der Waals surface area contributed by atoms with Gasteiger partial charge >= 0.3 is 0 Å². The summed E-state index contributed by atoms with van der Waals surface area (Å²) in [6, 6.07) is 22.6. The highest BCUT2D eigenvalue weighted by molar-refractivity contribution is 9.10. The lowest BCUT2D eigenvalue weighted by Crippen LogP contribution is -1.82. The zero-order valence-corrected chi connectivity index (χ0v) is 14.7. The van der Waals surface area contributed by atoms with Crippen molar-refractivity contribution in [3.05, 3.63) is 71.2 Å². The molecule has 0 bridgehead atoms. The van der Waals surface area contributed by atoms with Crippen molar-refractivity contribution in [2.75, 3.05) is 7.11 Å². The first-order chi connectivity index (χ1) is 11.7. The van der Waals surface area contributed by atoms with Gasteiger partial charge in [0, 0.05) is 16.1 Å². The van der Waals surface area contributed by atoms with Crippen molar-refractivity contribution in [1.82, 2.24) is 9.97 Å². The van der Waals surface area contributed by atoms with Crippen LogP contribution in [0.1, 0.15) is 0 Å². The third-order valence-electron chi connectivity index (χ3n) is 4.01. The van der Waals surface area contributed by atoms with Gasteiger partial charge in [0.1, 0.15) is 17.1 Å². The van der Waals surface area contributed by atoms with Crippen LogP contribution in [0.15, 0.2) is 71.2 Å². The molecule has 0 saturated carbocycles. The predicted molar refractivity (Wildman–Crippen MR) is 101 cm³/mol. The van der Waals surface area contributed by atoms with E-state index in [0.29, 0.717) is 0 Å². The smallest absolute Gasteiger partial charge is 0.138 e. The van der Waals surface area contributed by atoms with Crippen molar-refractivity contribution in [2.24, 2.45) is 0 Å². The van der Waals surface area contributed by atoms with Gasteiger partial charge in [0.15, 0.2) is 0 Å². The molecule has 3 aromatic carbocycles. The monoisotopic (exact) mass is 378 g/mol. The molecule has 4 rings (SSSR count). The van der Waals surface area contributed by atoms with E-state index in [0.717, 1.165) is 32.6 Å². The van der Waals surface area contributed by atoms with Gasteiger partial charge in [-0.1, -0.05) is 54.6 Å². The summed E-state index contributed by atoms with van der Waals surface area (Å²) in [5.74, 6) is 1.64. The first-order valence-electron chi connectivity index (χ1n) is 7.64. The molecule has 0 saturated heterocycles. The quantitative estimate of drug-likeness (QED) is 0.498. The number of H-pyrrole nitrogens is 1. The third-order valence-corrected chi connectivity index (χ3v) is 4.62. The molecule has 4 heteroatoms. The van der Waals surface area contributed by atoms with E-state index in [1.807, 2.05) is 30.3 Å². The second-order valence-corrected chi connectivity index (χ2v) is 6.39. The van der Waals surface area contributed by atoms with Gasteiger partial charge in [0.25, 0.3) is 0 Å². The van der Waals surface area contributed by atoms with Gasteiger partial charge in [-0.05, 0) is 33.1 Å². The van der Waals surface area contributed by atoms with Gasteiger partial charge in [0.2, 0.25) is 0 Å². The Morgan fingerprint density at radius 1 is 0.875 bits per heavy atom. The van der Waals surface area contributed by atoms with Crippen LogP contribution in [0.2, 0.25) is 0 Å². The van der Waals surface area contributed by atoms with E-state index in [9.17, 15) is 0 Å². The number of aromatic amines is 1. The van der Waals surface area contributed by atoms with Gasteiger partial charge < -0.3 is 9.72 Å². The summed E-state index contributed by atoms with van der Waals surface area (Å²) >= 11 is 3.55. The van der Waals surface area contributed by atoms with Gasteiger partial charge in [0.05, 0.1) is 12.6 Å². The molecule has 0 fully saturated rings. The fourth-order valence-corrected chi connectivity index (χ4v) is 3.28. The number of benzene rings is 3. The Morgan fingerprint density at radius 3 is 2.25 bits per heavy atom. The molecule has 1 N–H and O–H groups in total. The summed E-state index contributed by atoms with van der Waals surface area (Å²) in [6.45, 7) is 0. The van der Waals surface area contributed by atoms with Crippen molar-refractivity contribution < 1.29 is 4.74 Å². The molecule has 0 amide bonds. The number of rotatable bonds is 3. The number of aromatic nitrogens is 2. The number of halogens is 1. The number of imidazole rings is 1. The van der Waals surface area contributed by atoms with E-state index < -0.39 is 0 Å². The van der Waals surface area contributed by atoms with E-state index in [1.54, 1.807) is 7.11 Å². The molecule has 118 valence electrons. The minimum atomic E-state index is 0.795.